The molecule has 1 unspecified atom stereocenters. The first-order valence-corrected chi connectivity index (χ1v) is 5.49. The SMILES string of the molecule is O=C1CCc2cc(F)ccc2N1CC(O)CO. The van der Waals surface area contributed by atoms with Gasteiger partial charge < -0.3 is 15.1 Å². The summed E-state index contributed by atoms with van der Waals surface area (Å²) in [7, 11) is 0. The molecule has 1 aliphatic rings. The molecule has 0 saturated heterocycles. The Hall–Kier alpha value is -1.46. The lowest BCUT2D eigenvalue weighted by Crippen LogP contribution is -2.41. The second-order valence-electron chi connectivity index (χ2n) is 4.11. The predicted octanol–water partition coefficient (Wildman–Crippen LogP) is 0.458. The summed E-state index contributed by atoms with van der Waals surface area (Å²) >= 11 is 0. The van der Waals surface area contributed by atoms with Gasteiger partial charge in [0.25, 0.3) is 0 Å². The first-order valence-electron chi connectivity index (χ1n) is 5.49. The average Bonchev–Trinajstić information content (AvgIpc) is 2.32. The zero-order valence-electron chi connectivity index (χ0n) is 9.27. The van der Waals surface area contributed by atoms with E-state index in [0.717, 1.165) is 5.56 Å². The van der Waals surface area contributed by atoms with E-state index in [1.54, 1.807) is 0 Å². The van der Waals surface area contributed by atoms with Crippen LogP contribution in [0.1, 0.15) is 12.0 Å². The fourth-order valence-corrected chi connectivity index (χ4v) is 2.00. The second-order valence-corrected chi connectivity index (χ2v) is 4.11. The summed E-state index contributed by atoms with van der Waals surface area (Å²) < 4.78 is 13.1. The molecule has 0 aliphatic carbocycles. The summed E-state index contributed by atoms with van der Waals surface area (Å²) in [6.07, 6.45) is -0.165. The zero-order valence-corrected chi connectivity index (χ0v) is 9.27. The molecule has 5 heteroatoms. The molecule has 4 nitrogen and oxygen atoms in total. The van der Waals surface area contributed by atoms with Crippen molar-refractivity contribution in [3.05, 3.63) is 29.6 Å². The van der Waals surface area contributed by atoms with Gasteiger partial charge in [-0.05, 0) is 30.2 Å². The molecule has 1 heterocycles. The number of hydrogen-bond donors (Lipinski definition) is 2. The minimum absolute atomic E-state index is 0.0357. The Morgan fingerprint density at radius 3 is 2.88 bits per heavy atom. The number of β-amino-alcohol motifs (C(OH)–C–C–N with tert-alkyl or cyclic N) is 1. The summed E-state index contributed by atoms with van der Waals surface area (Å²) in [5.74, 6) is -0.447. The summed E-state index contributed by atoms with van der Waals surface area (Å²) in [4.78, 5) is 13.1. The molecule has 1 aromatic carbocycles. The van der Waals surface area contributed by atoms with Crippen LogP contribution in [0.4, 0.5) is 10.1 Å². The molecule has 1 atom stereocenters. The average molecular weight is 239 g/mol. The molecule has 2 N–H and O–H groups in total. The number of amides is 1. The third-order valence-electron chi connectivity index (χ3n) is 2.85. The van der Waals surface area contributed by atoms with Gasteiger partial charge in [-0.3, -0.25) is 4.79 Å². The maximum absolute atomic E-state index is 13.1. The van der Waals surface area contributed by atoms with Crippen molar-refractivity contribution >= 4 is 11.6 Å². The van der Waals surface area contributed by atoms with Crippen molar-refractivity contribution in [2.45, 2.75) is 18.9 Å². The highest BCUT2D eigenvalue weighted by Crippen LogP contribution is 2.28. The van der Waals surface area contributed by atoms with E-state index < -0.39 is 12.7 Å². The van der Waals surface area contributed by atoms with Gasteiger partial charge in [0.1, 0.15) is 5.82 Å². The number of benzene rings is 1. The number of rotatable bonds is 3. The van der Waals surface area contributed by atoms with Crippen LogP contribution in [0.15, 0.2) is 18.2 Å². The molecule has 0 spiro atoms. The van der Waals surface area contributed by atoms with Crippen LogP contribution in [0.5, 0.6) is 0 Å². The smallest absolute Gasteiger partial charge is 0.227 e. The van der Waals surface area contributed by atoms with E-state index in [1.165, 1.54) is 23.1 Å². The highest BCUT2D eigenvalue weighted by molar-refractivity contribution is 5.96. The predicted molar refractivity (Wildman–Crippen MR) is 60.2 cm³/mol. The molecule has 0 saturated carbocycles. The molecule has 1 amide bonds. The first kappa shape index (κ1) is 12.0. The van der Waals surface area contributed by atoms with E-state index in [-0.39, 0.29) is 18.3 Å². The normalized spacial score (nSPS) is 16.9. The molecular formula is C12H14FNO3. The Kier molecular flexibility index (Phi) is 3.40. The van der Waals surface area contributed by atoms with E-state index in [2.05, 4.69) is 0 Å². The lowest BCUT2D eigenvalue weighted by Gasteiger charge is -2.30. The van der Waals surface area contributed by atoms with Crippen molar-refractivity contribution in [1.82, 2.24) is 0 Å². The number of aliphatic hydroxyl groups excluding tert-OH is 2. The van der Waals surface area contributed by atoms with Gasteiger partial charge in [0.15, 0.2) is 0 Å². The van der Waals surface area contributed by atoms with E-state index in [9.17, 15) is 14.3 Å². The molecule has 0 bridgehead atoms. The second kappa shape index (κ2) is 4.81. The quantitative estimate of drug-likeness (QED) is 0.805. The van der Waals surface area contributed by atoms with Crippen LogP contribution in [0, 0.1) is 5.82 Å². The third kappa shape index (κ3) is 2.45. The van der Waals surface area contributed by atoms with Crippen molar-refractivity contribution in [3.63, 3.8) is 0 Å². The largest absolute Gasteiger partial charge is 0.394 e. The Morgan fingerprint density at radius 1 is 1.41 bits per heavy atom. The maximum Gasteiger partial charge on any atom is 0.227 e. The molecule has 2 rings (SSSR count). The number of hydrogen-bond acceptors (Lipinski definition) is 3. The Morgan fingerprint density at radius 2 is 2.18 bits per heavy atom. The highest BCUT2D eigenvalue weighted by atomic mass is 19.1. The molecule has 0 radical (unpaired) electrons. The number of aryl methyl sites for hydroxylation is 1. The van der Waals surface area contributed by atoms with Gasteiger partial charge in [0.05, 0.1) is 19.3 Å². The number of anilines is 1. The Bertz CT molecular complexity index is 436. The minimum atomic E-state index is -0.977. The number of carbonyl (C=O) groups excluding carboxylic acids is 1. The van der Waals surface area contributed by atoms with Crippen LogP contribution in [0.2, 0.25) is 0 Å². The number of nitrogens with zero attached hydrogens (tertiary/aromatic N) is 1. The van der Waals surface area contributed by atoms with E-state index in [4.69, 9.17) is 5.11 Å². The topological polar surface area (TPSA) is 60.8 Å². The summed E-state index contributed by atoms with van der Waals surface area (Å²) in [6, 6.07) is 4.22. The summed E-state index contributed by atoms with van der Waals surface area (Å²) in [5.41, 5.74) is 1.38. The van der Waals surface area contributed by atoms with Crippen molar-refractivity contribution in [2.75, 3.05) is 18.1 Å². The van der Waals surface area contributed by atoms with Crippen molar-refractivity contribution in [1.29, 1.82) is 0 Å². The van der Waals surface area contributed by atoms with Gasteiger partial charge in [-0.1, -0.05) is 0 Å². The molecule has 0 aromatic heterocycles. The van der Waals surface area contributed by atoms with Crippen LogP contribution < -0.4 is 4.90 Å². The third-order valence-corrected chi connectivity index (χ3v) is 2.85. The summed E-state index contributed by atoms with van der Waals surface area (Å²) in [5, 5.41) is 18.2. The highest BCUT2D eigenvalue weighted by Gasteiger charge is 2.25. The van der Waals surface area contributed by atoms with Gasteiger partial charge in [0.2, 0.25) is 5.91 Å². The van der Waals surface area contributed by atoms with Crippen LogP contribution in [0.25, 0.3) is 0 Å². The van der Waals surface area contributed by atoms with Gasteiger partial charge in [-0.15, -0.1) is 0 Å². The monoisotopic (exact) mass is 239 g/mol. The number of carbonyl (C=O) groups is 1. The van der Waals surface area contributed by atoms with Gasteiger partial charge >= 0.3 is 0 Å². The van der Waals surface area contributed by atoms with Crippen molar-refractivity contribution in [2.24, 2.45) is 0 Å². The molecule has 17 heavy (non-hydrogen) atoms. The lowest BCUT2D eigenvalue weighted by atomic mass is 10.0. The first-order chi connectivity index (χ1) is 8.11. The lowest BCUT2D eigenvalue weighted by molar-refractivity contribution is -0.119. The van der Waals surface area contributed by atoms with Crippen molar-refractivity contribution < 1.29 is 19.4 Å². The van der Waals surface area contributed by atoms with Crippen LogP contribution in [0.3, 0.4) is 0 Å². The van der Waals surface area contributed by atoms with E-state index >= 15 is 0 Å². The number of aliphatic hydroxyl groups is 2. The van der Waals surface area contributed by atoms with Gasteiger partial charge in [-0.25, -0.2) is 4.39 Å². The zero-order chi connectivity index (χ0) is 12.4. The molecule has 1 aromatic rings. The van der Waals surface area contributed by atoms with E-state index in [0.29, 0.717) is 18.5 Å². The van der Waals surface area contributed by atoms with Crippen LogP contribution in [-0.4, -0.2) is 35.4 Å². The fraction of sp³-hybridized carbons (Fsp3) is 0.417. The fourth-order valence-electron chi connectivity index (χ4n) is 2.00. The molecule has 92 valence electrons. The standard InChI is InChI=1S/C12H14FNO3/c13-9-2-3-11-8(5-9)1-4-12(17)14(11)6-10(16)7-15/h2-3,5,10,15-16H,1,4,6-7H2. The molecule has 0 fully saturated rings. The Balaban J connectivity index is 2.30. The Labute approximate surface area is 98.3 Å². The number of fused-ring (bicyclic) bond motifs is 1. The summed E-state index contributed by atoms with van der Waals surface area (Å²) in [6.45, 7) is -0.367. The van der Waals surface area contributed by atoms with Crippen LogP contribution >= 0.6 is 0 Å². The van der Waals surface area contributed by atoms with Gasteiger partial charge in [0, 0.05) is 12.1 Å². The molecule has 1 aliphatic heterocycles. The van der Waals surface area contributed by atoms with E-state index in [1.807, 2.05) is 0 Å². The number of halogens is 1. The van der Waals surface area contributed by atoms with Crippen molar-refractivity contribution in [3.8, 4) is 0 Å². The maximum atomic E-state index is 13.1. The molecular weight excluding hydrogens is 225 g/mol. The van der Waals surface area contributed by atoms with Gasteiger partial charge in [-0.2, -0.15) is 0 Å². The minimum Gasteiger partial charge on any atom is -0.394 e. The van der Waals surface area contributed by atoms with Crippen LogP contribution in [-0.2, 0) is 11.2 Å².